The number of nitrogens with zero attached hydrogens (tertiary/aromatic N) is 1. The maximum absolute atomic E-state index is 15.3. The van der Waals surface area contributed by atoms with Crippen molar-refractivity contribution < 1.29 is 14.3 Å². The van der Waals surface area contributed by atoms with Crippen LogP contribution in [0.25, 0.3) is 0 Å². The maximum Gasteiger partial charge on any atom is 0.321 e. The summed E-state index contributed by atoms with van der Waals surface area (Å²) in [5.74, 6) is -2.60. The summed E-state index contributed by atoms with van der Waals surface area (Å²) < 4.78 is 15.3. The van der Waals surface area contributed by atoms with E-state index in [1.54, 1.807) is 25.1 Å². The van der Waals surface area contributed by atoms with Crippen LogP contribution >= 0.6 is 23.2 Å². The molecule has 0 saturated carbocycles. The predicted molar refractivity (Wildman–Crippen MR) is 120 cm³/mol. The molecule has 0 spiro atoms. The van der Waals surface area contributed by atoms with Gasteiger partial charge >= 0.3 is 5.97 Å². The molecule has 4 nitrogen and oxygen atoms in total. The molecule has 0 aromatic heterocycles. The Labute approximate surface area is 192 Å². The maximum atomic E-state index is 15.3. The average Bonchev–Trinajstić information content (AvgIpc) is 2.97. The normalized spacial score (nSPS) is 25.9. The number of aliphatic carboxylic acids is 1. The number of rotatable bonds is 4. The van der Waals surface area contributed by atoms with Gasteiger partial charge in [0.15, 0.2) is 0 Å². The number of nitriles is 1. The lowest BCUT2D eigenvalue weighted by molar-refractivity contribution is -0.139. The van der Waals surface area contributed by atoms with Gasteiger partial charge in [0.05, 0.1) is 6.07 Å². The minimum absolute atomic E-state index is 0.134. The van der Waals surface area contributed by atoms with E-state index in [1.165, 1.54) is 18.2 Å². The smallest absolute Gasteiger partial charge is 0.321 e. The molecule has 2 aromatic carbocycles. The number of hydrogen-bond acceptors (Lipinski definition) is 3. The van der Waals surface area contributed by atoms with Gasteiger partial charge < -0.3 is 5.11 Å². The summed E-state index contributed by atoms with van der Waals surface area (Å²) in [6.45, 7) is 7.79. The molecule has 4 atom stereocenters. The fourth-order valence-corrected chi connectivity index (χ4v) is 5.08. The number of carboxylic acid groups (broad SMARTS) is 1. The first-order chi connectivity index (χ1) is 14.4. The molecule has 1 fully saturated rings. The van der Waals surface area contributed by atoms with E-state index in [4.69, 9.17) is 23.2 Å². The van der Waals surface area contributed by atoms with E-state index in [0.29, 0.717) is 22.6 Å². The van der Waals surface area contributed by atoms with Gasteiger partial charge in [-0.15, -0.1) is 0 Å². The van der Waals surface area contributed by atoms with Gasteiger partial charge in [0.25, 0.3) is 0 Å². The SMILES string of the molecule is Cc1c(Cl)cccc1[C@H]1[C@H](C(=O)O)NC(CC(C)(C)C)[C@]1(C#N)c1ccc(Cl)cc1F. The van der Waals surface area contributed by atoms with Crippen molar-refractivity contribution in [2.75, 3.05) is 0 Å². The lowest BCUT2D eigenvalue weighted by atomic mass is 9.62. The fourth-order valence-electron chi connectivity index (χ4n) is 4.74. The molecule has 1 unspecified atom stereocenters. The van der Waals surface area contributed by atoms with Gasteiger partial charge in [-0.3, -0.25) is 10.1 Å². The Balaban J connectivity index is 2.38. The summed E-state index contributed by atoms with van der Waals surface area (Å²) in [4.78, 5) is 12.3. The Morgan fingerprint density at radius 3 is 2.52 bits per heavy atom. The van der Waals surface area contributed by atoms with Crippen molar-refractivity contribution in [2.24, 2.45) is 5.41 Å². The van der Waals surface area contributed by atoms with Crippen molar-refractivity contribution in [1.82, 2.24) is 5.32 Å². The summed E-state index contributed by atoms with van der Waals surface area (Å²) in [5, 5.41) is 24.5. The van der Waals surface area contributed by atoms with Crippen LogP contribution in [0, 0.1) is 29.5 Å². The van der Waals surface area contributed by atoms with E-state index in [2.05, 4.69) is 11.4 Å². The van der Waals surface area contributed by atoms with Crippen LogP contribution in [0.4, 0.5) is 4.39 Å². The molecule has 2 N–H and O–H groups in total. The highest BCUT2D eigenvalue weighted by Gasteiger charge is 2.60. The van der Waals surface area contributed by atoms with Crippen LogP contribution in [0.5, 0.6) is 0 Å². The van der Waals surface area contributed by atoms with Crippen molar-refractivity contribution in [3.63, 3.8) is 0 Å². The first-order valence-corrected chi connectivity index (χ1v) is 10.8. The molecule has 164 valence electrons. The molecule has 0 radical (unpaired) electrons. The Kier molecular flexibility index (Phi) is 6.40. The van der Waals surface area contributed by atoms with E-state index >= 15 is 4.39 Å². The van der Waals surface area contributed by atoms with E-state index in [9.17, 15) is 15.2 Å². The number of carboxylic acids is 1. The van der Waals surface area contributed by atoms with Crippen LogP contribution in [-0.4, -0.2) is 23.2 Å². The standard InChI is InChI=1S/C24H25Cl2FN2O2/c1-13-15(6-5-7-17(13)26)20-21(22(30)31)29-19(11-23(2,3)4)24(20,12-28)16-9-8-14(25)10-18(16)27/h5-10,19-21,29H,11H2,1-4H3,(H,30,31)/t19?,20-,21+,24-/m0/s1. The van der Waals surface area contributed by atoms with Crippen molar-refractivity contribution in [2.45, 2.75) is 57.5 Å². The second kappa shape index (κ2) is 8.43. The molecule has 0 amide bonds. The molecule has 31 heavy (non-hydrogen) atoms. The van der Waals surface area contributed by atoms with Crippen LogP contribution in [0.3, 0.4) is 0 Å². The monoisotopic (exact) mass is 462 g/mol. The predicted octanol–water partition coefficient (Wildman–Crippen LogP) is 5.85. The highest BCUT2D eigenvalue weighted by Crippen LogP contribution is 2.52. The van der Waals surface area contributed by atoms with Gasteiger partial charge in [-0.05, 0) is 48.1 Å². The zero-order chi connectivity index (χ0) is 23.1. The van der Waals surface area contributed by atoms with Crippen molar-refractivity contribution >= 4 is 29.2 Å². The Morgan fingerprint density at radius 2 is 1.97 bits per heavy atom. The van der Waals surface area contributed by atoms with E-state index in [0.717, 1.165) is 0 Å². The average molecular weight is 463 g/mol. The summed E-state index contributed by atoms with van der Waals surface area (Å²) in [5.41, 5.74) is -0.314. The van der Waals surface area contributed by atoms with E-state index < -0.39 is 35.2 Å². The molecule has 3 rings (SSSR count). The van der Waals surface area contributed by atoms with Crippen LogP contribution in [0.2, 0.25) is 10.0 Å². The lowest BCUT2D eigenvalue weighted by Crippen LogP contribution is -2.44. The van der Waals surface area contributed by atoms with Crippen LogP contribution in [0.1, 0.15) is 49.8 Å². The van der Waals surface area contributed by atoms with Gasteiger partial charge in [-0.25, -0.2) is 4.39 Å². The quantitative estimate of drug-likeness (QED) is 0.597. The van der Waals surface area contributed by atoms with Crippen LogP contribution in [0.15, 0.2) is 36.4 Å². The van der Waals surface area contributed by atoms with Crippen LogP contribution in [-0.2, 0) is 10.2 Å². The number of nitrogens with one attached hydrogen (secondary N) is 1. The van der Waals surface area contributed by atoms with Crippen molar-refractivity contribution in [3.05, 3.63) is 69.0 Å². The summed E-state index contributed by atoms with van der Waals surface area (Å²) >= 11 is 12.3. The third kappa shape index (κ3) is 4.17. The molecular weight excluding hydrogens is 438 g/mol. The first-order valence-electron chi connectivity index (χ1n) is 10.0. The minimum atomic E-state index is -1.49. The highest BCUT2D eigenvalue weighted by molar-refractivity contribution is 6.31. The zero-order valence-corrected chi connectivity index (χ0v) is 19.4. The fraction of sp³-hybridized carbons (Fsp3) is 0.417. The number of hydrogen-bond donors (Lipinski definition) is 2. The van der Waals surface area contributed by atoms with E-state index in [1.807, 2.05) is 20.8 Å². The van der Waals surface area contributed by atoms with Crippen LogP contribution < -0.4 is 5.32 Å². The van der Waals surface area contributed by atoms with Crippen molar-refractivity contribution in [1.29, 1.82) is 5.26 Å². The lowest BCUT2D eigenvalue weighted by Gasteiger charge is -2.37. The number of halogens is 3. The second-order valence-corrected chi connectivity index (χ2v) is 10.2. The third-order valence-electron chi connectivity index (χ3n) is 6.04. The number of carbonyl (C=O) groups is 1. The van der Waals surface area contributed by atoms with E-state index in [-0.39, 0.29) is 16.0 Å². The molecular formula is C24H25Cl2FN2O2. The Bertz CT molecular complexity index is 1060. The molecule has 1 heterocycles. The first kappa shape index (κ1) is 23.5. The van der Waals surface area contributed by atoms with Gasteiger partial charge in [0.1, 0.15) is 17.3 Å². The molecule has 0 bridgehead atoms. The summed E-state index contributed by atoms with van der Waals surface area (Å²) in [6, 6.07) is 10.0. The van der Waals surface area contributed by atoms with Gasteiger partial charge in [-0.2, -0.15) is 5.26 Å². The molecule has 1 aliphatic heterocycles. The summed E-state index contributed by atoms with van der Waals surface area (Å²) in [6.07, 6.45) is 0.461. The Hall–Kier alpha value is -2.13. The summed E-state index contributed by atoms with van der Waals surface area (Å²) in [7, 11) is 0. The third-order valence-corrected chi connectivity index (χ3v) is 6.69. The number of benzene rings is 2. The second-order valence-electron chi connectivity index (χ2n) is 9.34. The molecule has 7 heteroatoms. The van der Waals surface area contributed by atoms with Gasteiger partial charge in [0, 0.05) is 27.6 Å². The van der Waals surface area contributed by atoms with Gasteiger partial charge in [-0.1, -0.05) is 62.2 Å². The molecule has 1 aliphatic rings. The Morgan fingerprint density at radius 1 is 1.29 bits per heavy atom. The molecule has 2 aromatic rings. The topological polar surface area (TPSA) is 73.1 Å². The zero-order valence-electron chi connectivity index (χ0n) is 17.8. The van der Waals surface area contributed by atoms with Crippen molar-refractivity contribution in [3.8, 4) is 6.07 Å². The largest absolute Gasteiger partial charge is 0.480 e. The van der Waals surface area contributed by atoms with Gasteiger partial charge in [0.2, 0.25) is 0 Å². The molecule has 0 aliphatic carbocycles. The molecule has 1 saturated heterocycles. The highest BCUT2D eigenvalue weighted by atomic mass is 35.5. The minimum Gasteiger partial charge on any atom is -0.480 e.